The Bertz CT molecular complexity index is 423. The van der Waals surface area contributed by atoms with Crippen LogP contribution in [0.4, 0.5) is 13.2 Å². The zero-order chi connectivity index (χ0) is 12.7. The van der Waals surface area contributed by atoms with Crippen LogP contribution in [0.25, 0.3) is 0 Å². The van der Waals surface area contributed by atoms with Crippen molar-refractivity contribution in [1.29, 1.82) is 0 Å². The molecule has 1 rings (SSSR count). The van der Waals surface area contributed by atoms with Crippen LogP contribution < -0.4 is 0 Å². The Kier molecular flexibility index (Phi) is 5.28. The van der Waals surface area contributed by atoms with Gasteiger partial charge in [-0.1, -0.05) is 39.1 Å². The van der Waals surface area contributed by atoms with Crippen LogP contribution in [0.15, 0.2) is 10.5 Å². The fourth-order valence-corrected chi connectivity index (χ4v) is 3.56. The van der Waals surface area contributed by atoms with E-state index in [2.05, 4.69) is 31.9 Å². The van der Waals surface area contributed by atoms with E-state index in [9.17, 15) is 13.2 Å². The Labute approximate surface area is 130 Å². The van der Waals surface area contributed by atoms with Gasteiger partial charge in [0.2, 0.25) is 0 Å². The molecule has 1 aromatic carbocycles. The third-order valence-corrected chi connectivity index (χ3v) is 5.91. The van der Waals surface area contributed by atoms with E-state index < -0.39 is 11.0 Å². The lowest BCUT2D eigenvalue weighted by Gasteiger charge is -2.17. The van der Waals surface area contributed by atoms with Gasteiger partial charge in [0.15, 0.2) is 0 Å². The van der Waals surface area contributed by atoms with E-state index in [4.69, 9.17) is 23.2 Å². The monoisotopic (exact) mass is 510 g/mol. The summed E-state index contributed by atoms with van der Waals surface area (Å²) in [6, 6.07) is 1.31. The highest BCUT2D eigenvalue weighted by Crippen LogP contribution is 2.46. The number of benzene rings is 1. The van der Waals surface area contributed by atoms with Crippen molar-refractivity contribution in [3.05, 3.63) is 29.7 Å². The first-order chi connectivity index (χ1) is 7.16. The predicted octanol–water partition coefficient (Wildman–Crippen LogP) is 6.36. The third kappa shape index (κ3) is 3.18. The molecule has 8 heteroatoms. The zero-order valence-electron chi connectivity index (χ0n) is 7.18. The van der Waals surface area contributed by atoms with E-state index >= 15 is 0 Å². The third-order valence-electron chi connectivity index (χ3n) is 1.69. The van der Waals surface area contributed by atoms with Crippen molar-refractivity contribution >= 4 is 77.7 Å². The maximum Gasteiger partial charge on any atom is 0.405 e. The van der Waals surface area contributed by atoms with Gasteiger partial charge in [-0.2, -0.15) is 13.2 Å². The van der Waals surface area contributed by atoms with Crippen LogP contribution in [0.3, 0.4) is 0 Å². The summed E-state index contributed by atoms with van der Waals surface area (Å²) in [6.45, 7) is 0. The Hall–Kier alpha value is 1.28. The lowest BCUT2D eigenvalue weighted by Crippen LogP contribution is -2.16. The van der Waals surface area contributed by atoms with Crippen molar-refractivity contribution in [2.75, 3.05) is 0 Å². The molecule has 1 unspecified atom stereocenters. The van der Waals surface area contributed by atoms with E-state index in [0.29, 0.717) is 4.47 Å². The van der Waals surface area contributed by atoms with Crippen molar-refractivity contribution in [3.63, 3.8) is 0 Å². The summed E-state index contributed by atoms with van der Waals surface area (Å²) < 4.78 is 38.2. The Morgan fingerprint density at radius 1 is 1.25 bits per heavy atom. The molecule has 0 amide bonds. The number of hydrogen-bond acceptors (Lipinski definition) is 0. The topological polar surface area (TPSA) is 0 Å². The molecule has 0 aliphatic rings. The molecule has 0 N–H and O–H groups in total. The van der Waals surface area contributed by atoms with Crippen LogP contribution >= 0.6 is 77.7 Å². The minimum absolute atomic E-state index is 0.0365. The van der Waals surface area contributed by atoms with Crippen LogP contribution in [0.2, 0.25) is 10.0 Å². The molecule has 0 saturated carbocycles. The minimum Gasteiger partial charge on any atom is -0.169 e. The molecule has 1 aromatic rings. The molecule has 1 atom stereocenters. The summed E-state index contributed by atoms with van der Waals surface area (Å²) in [5.74, 6) is 0. The normalized spacial score (nSPS) is 14.0. The van der Waals surface area contributed by atoms with Crippen molar-refractivity contribution in [2.24, 2.45) is 0 Å². The molecule has 16 heavy (non-hydrogen) atoms. The maximum absolute atomic E-state index is 12.5. The molecule has 0 fully saturated rings. The predicted molar refractivity (Wildman–Crippen MR) is 74.6 cm³/mol. The first-order valence-corrected chi connectivity index (χ1v) is 7.24. The lowest BCUT2D eigenvalue weighted by molar-refractivity contribution is -0.128. The van der Waals surface area contributed by atoms with Gasteiger partial charge in [-0.25, -0.2) is 0 Å². The first kappa shape index (κ1) is 15.3. The Morgan fingerprint density at radius 2 is 1.75 bits per heavy atom. The van der Waals surface area contributed by atoms with Crippen molar-refractivity contribution in [3.8, 4) is 0 Å². The summed E-state index contributed by atoms with van der Waals surface area (Å²) in [4.78, 5) is -1.77. The summed E-state index contributed by atoms with van der Waals surface area (Å²) in [7, 11) is 0. The SMILES string of the molecule is FC(F)(F)C(Br)c1cc(Br)c(Cl)c(Cl)c1I. The van der Waals surface area contributed by atoms with E-state index in [-0.39, 0.29) is 19.2 Å². The van der Waals surface area contributed by atoms with Gasteiger partial charge in [0.1, 0.15) is 4.83 Å². The van der Waals surface area contributed by atoms with Crippen LogP contribution in [0.5, 0.6) is 0 Å². The molecule has 0 nitrogen and oxygen atoms in total. The van der Waals surface area contributed by atoms with Gasteiger partial charge in [-0.15, -0.1) is 0 Å². The van der Waals surface area contributed by atoms with E-state index in [0.717, 1.165) is 0 Å². The van der Waals surface area contributed by atoms with E-state index in [1.165, 1.54) is 6.07 Å². The first-order valence-electron chi connectivity index (χ1n) is 3.70. The molecule has 90 valence electrons. The molecule has 0 saturated heterocycles. The largest absolute Gasteiger partial charge is 0.405 e. The number of rotatable bonds is 1. The molecule has 0 aromatic heterocycles. The number of hydrogen-bond donors (Lipinski definition) is 0. The average Bonchev–Trinajstić information content (AvgIpc) is 2.18. The highest BCUT2D eigenvalue weighted by molar-refractivity contribution is 14.1. The van der Waals surface area contributed by atoms with Gasteiger partial charge in [-0.3, -0.25) is 0 Å². The molecule has 0 bridgehead atoms. The summed E-state index contributed by atoms with van der Waals surface area (Å²) in [5, 5.41) is 0.317. The van der Waals surface area contributed by atoms with E-state index in [1.54, 1.807) is 22.6 Å². The molecular weight excluding hydrogens is 511 g/mol. The highest BCUT2D eigenvalue weighted by Gasteiger charge is 2.40. The van der Waals surface area contributed by atoms with Gasteiger partial charge in [0.05, 0.1) is 10.0 Å². The van der Waals surface area contributed by atoms with Crippen LogP contribution in [0, 0.1) is 3.57 Å². The quantitative estimate of drug-likeness (QED) is 0.178. The number of alkyl halides is 4. The van der Waals surface area contributed by atoms with Gasteiger partial charge in [0.25, 0.3) is 0 Å². The van der Waals surface area contributed by atoms with Crippen LogP contribution in [0.1, 0.15) is 10.4 Å². The van der Waals surface area contributed by atoms with Crippen molar-refractivity contribution in [2.45, 2.75) is 11.0 Å². The molecule has 0 spiro atoms. The fourth-order valence-electron chi connectivity index (χ4n) is 0.952. The molecule has 0 aliphatic carbocycles. The summed E-state index contributed by atoms with van der Waals surface area (Å²) >= 11 is 19.0. The summed E-state index contributed by atoms with van der Waals surface area (Å²) in [6.07, 6.45) is -4.38. The van der Waals surface area contributed by atoms with Crippen molar-refractivity contribution in [1.82, 2.24) is 0 Å². The molecule has 0 heterocycles. The molecule has 0 aliphatic heterocycles. The average molecular weight is 513 g/mol. The standard InChI is InChI=1S/C8H2Br2Cl2F3I/c9-3-1-2(7(10)8(13,14)15)6(16)5(12)4(3)11/h1,7H. The van der Waals surface area contributed by atoms with Gasteiger partial charge in [-0.05, 0) is 50.2 Å². The number of halogens is 8. The maximum atomic E-state index is 12.5. The second-order valence-electron chi connectivity index (χ2n) is 2.79. The molecule has 0 radical (unpaired) electrons. The van der Waals surface area contributed by atoms with Gasteiger partial charge >= 0.3 is 6.18 Å². The van der Waals surface area contributed by atoms with Crippen molar-refractivity contribution < 1.29 is 13.2 Å². The lowest BCUT2D eigenvalue weighted by atomic mass is 10.1. The Balaban J connectivity index is 3.36. The second-order valence-corrected chi connectivity index (χ2v) is 6.40. The zero-order valence-corrected chi connectivity index (χ0v) is 14.0. The van der Waals surface area contributed by atoms with E-state index in [1.807, 2.05) is 0 Å². The molecular formula is C8H2Br2Cl2F3I. The summed E-state index contributed by atoms with van der Waals surface area (Å²) in [5.41, 5.74) is 0.0365. The van der Waals surface area contributed by atoms with Crippen LogP contribution in [-0.2, 0) is 0 Å². The second kappa shape index (κ2) is 5.50. The Morgan fingerprint density at radius 3 is 2.19 bits per heavy atom. The minimum atomic E-state index is -4.38. The van der Waals surface area contributed by atoms with Gasteiger partial charge in [0, 0.05) is 8.04 Å². The fraction of sp³-hybridized carbons (Fsp3) is 0.250. The highest BCUT2D eigenvalue weighted by atomic mass is 127. The van der Waals surface area contributed by atoms with Crippen LogP contribution in [-0.4, -0.2) is 6.18 Å². The smallest absolute Gasteiger partial charge is 0.169 e. The van der Waals surface area contributed by atoms with Gasteiger partial charge < -0.3 is 0 Å².